The van der Waals surface area contributed by atoms with Gasteiger partial charge in [0, 0.05) is 24.4 Å². The first-order chi connectivity index (χ1) is 10.2. The van der Waals surface area contributed by atoms with Crippen molar-refractivity contribution in [2.24, 2.45) is 0 Å². The third-order valence-corrected chi connectivity index (χ3v) is 3.61. The number of aryl methyl sites for hydroxylation is 1. The number of rotatable bonds is 7. The molecule has 1 N–H and O–H groups in total. The molecule has 0 aliphatic heterocycles. The maximum absolute atomic E-state index is 5.45. The van der Waals surface area contributed by atoms with E-state index in [0.717, 1.165) is 36.4 Å². The van der Waals surface area contributed by atoms with Gasteiger partial charge in [-0.2, -0.15) is 0 Å². The molecule has 0 saturated heterocycles. The second-order valence-corrected chi connectivity index (χ2v) is 5.26. The fourth-order valence-electron chi connectivity index (χ4n) is 2.41. The van der Waals surface area contributed by atoms with E-state index in [0.29, 0.717) is 0 Å². The summed E-state index contributed by atoms with van der Waals surface area (Å²) < 4.78 is 5.45. The average molecular weight is 284 g/mol. The molecule has 0 aliphatic rings. The topological polar surface area (TPSA) is 34.2 Å². The second kappa shape index (κ2) is 7.79. The molecule has 3 nitrogen and oxygen atoms in total. The summed E-state index contributed by atoms with van der Waals surface area (Å²) in [5, 5.41) is 3.61. The smallest absolute Gasteiger partial charge is 0.122 e. The van der Waals surface area contributed by atoms with Crippen molar-refractivity contribution in [1.29, 1.82) is 0 Å². The normalized spacial score (nSPS) is 12.1. The van der Waals surface area contributed by atoms with E-state index in [2.05, 4.69) is 48.4 Å². The van der Waals surface area contributed by atoms with E-state index in [9.17, 15) is 0 Å². The standard InChI is InChI=1S/C18H24N2O/c1-4-10-20-17(13-16-7-5-6-11-19-16)15-9-8-14(2)18(12-15)21-3/h5-9,11-12,17,20H,4,10,13H2,1-3H3. The summed E-state index contributed by atoms with van der Waals surface area (Å²) in [5.74, 6) is 0.941. The molecule has 1 heterocycles. The minimum Gasteiger partial charge on any atom is -0.496 e. The van der Waals surface area contributed by atoms with Gasteiger partial charge in [-0.25, -0.2) is 0 Å². The lowest BCUT2D eigenvalue weighted by molar-refractivity contribution is 0.409. The molecule has 0 amide bonds. The lowest BCUT2D eigenvalue weighted by Gasteiger charge is -2.20. The molecular weight excluding hydrogens is 260 g/mol. The zero-order chi connectivity index (χ0) is 15.1. The van der Waals surface area contributed by atoms with Gasteiger partial charge in [-0.1, -0.05) is 25.1 Å². The molecule has 0 saturated carbocycles. The van der Waals surface area contributed by atoms with Crippen molar-refractivity contribution in [3.05, 3.63) is 59.4 Å². The number of methoxy groups -OCH3 is 1. The van der Waals surface area contributed by atoms with Gasteiger partial charge in [0.2, 0.25) is 0 Å². The number of aromatic nitrogens is 1. The summed E-state index contributed by atoms with van der Waals surface area (Å²) in [4.78, 5) is 4.44. The summed E-state index contributed by atoms with van der Waals surface area (Å²) in [5.41, 5.74) is 3.51. The van der Waals surface area contributed by atoms with Gasteiger partial charge >= 0.3 is 0 Å². The van der Waals surface area contributed by atoms with Crippen LogP contribution in [0.2, 0.25) is 0 Å². The Morgan fingerprint density at radius 2 is 2.10 bits per heavy atom. The Morgan fingerprint density at radius 3 is 2.76 bits per heavy atom. The number of benzene rings is 1. The van der Waals surface area contributed by atoms with Crippen LogP contribution in [0.4, 0.5) is 0 Å². The van der Waals surface area contributed by atoms with Crippen molar-refractivity contribution >= 4 is 0 Å². The number of nitrogens with zero attached hydrogens (tertiary/aromatic N) is 1. The minimum absolute atomic E-state index is 0.259. The Balaban J connectivity index is 2.22. The zero-order valence-corrected chi connectivity index (χ0v) is 13.1. The lowest BCUT2D eigenvalue weighted by atomic mass is 9.99. The average Bonchev–Trinajstić information content (AvgIpc) is 2.53. The summed E-state index contributed by atoms with van der Waals surface area (Å²) in [6.45, 7) is 5.24. The van der Waals surface area contributed by atoms with E-state index in [4.69, 9.17) is 4.74 Å². The maximum atomic E-state index is 5.45. The minimum atomic E-state index is 0.259. The highest BCUT2D eigenvalue weighted by Gasteiger charge is 2.13. The molecule has 1 aromatic heterocycles. The van der Waals surface area contributed by atoms with Crippen molar-refractivity contribution < 1.29 is 4.74 Å². The SMILES string of the molecule is CCCNC(Cc1ccccn1)c1ccc(C)c(OC)c1. The van der Waals surface area contributed by atoms with Crippen LogP contribution in [0.1, 0.15) is 36.2 Å². The van der Waals surface area contributed by atoms with E-state index in [1.807, 2.05) is 18.3 Å². The number of pyridine rings is 1. The van der Waals surface area contributed by atoms with Crippen LogP contribution in [-0.2, 0) is 6.42 Å². The molecule has 2 rings (SSSR count). The van der Waals surface area contributed by atoms with E-state index in [-0.39, 0.29) is 6.04 Å². The van der Waals surface area contributed by atoms with Crippen LogP contribution < -0.4 is 10.1 Å². The first-order valence-electron chi connectivity index (χ1n) is 7.52. The maximum Gasteiger partial charge on any atom is 0.122 e. The van der Waals surface area contributed by atoms with Crippen molar-refractivity contribution in [2.45, 2.75) is 32.7 Å². The number of hydrogen-bond acceptors (Lipinski definition) is 3. The molecule has 1 unspecified atom stereocenters. The van der Waals surface area contributed by atoms with Crippen LogP contribution in [0.3, 0.4) is 0 Å². The van der Waals surface area contributed by atoms with Gasteiger partial charge in [0.15, 0.2) is 0 Å². The molecule has 0 spiro atoms. The van der Waals surface area contributed by atoms with Crippen LogP contribution in [0.5, 0.6) is 5.75 Å². The van der Waals surface area contributed by atoms with Gasteiger partial charge in [0.1, 0.15) is 5.75 Å². The van der Waals surface area contributed by atoms with Crippen LogP contribution >= 0.6 is 0 Å². The molecule has 1 atom stereocenters. The van der Waals surface area contributed by atoms with Crippen molar-refractivity contribution in [2.75, 3.05) is 13.7 Å². The van der Waals surface area contributed by atoms with E-state index >= 15 is 0 Å². The summed E-state index contributed by atoms with van der Waals surface area (Å²) >= 11 is 0. The predicted octanol–water partition coefficient (Wildman–Crippen LogP) is 3.68. The van der Waals surface area contributed by atoms with Crippen molar-refractivity contribution in [3.8, 4) is 5.75 Å². The molecule has 21 heavy (non-hydrogen) atoms. The third-order valence-electron chi connectivity index (χ3n) is 3.61. The highest BCUT2D eigenvalue weighted by Crippen LogP contribution is 2.25. The molecule has 0 bridgehead atoms. The second-order valence-electron chi connectivity index (χ2n) is 5.26. The summed E-state index contributed by atoms with van der Waals surface area (Å²) in [6, 6.07) is 12.7. The highest BCUT2D eigenvalue weighted by atomic mass is 16.5. The monoisotopic (exact) mass is 284 g/mol. The molecule has 112 valence electrons. The Morgan fingerprint density at radius 1 is 1.24 bits per heavy atom. The first-order valence-corrected chi connectivity index (χ1v) is 7.52. The summed E-state index contributed by atoms with van der Waals surface area (Å²) in [7, 11) is 1.72. The van der Waals surface area contributed by atoms with E-state index in [1.54, 1.807) is 7.11 Å². The fraction of sp³-hybridized carbons (Fsp3) is 0.389. The molecule has 0 radical (unpaired) electrons. The quantitative estimate of drug-likeness (QED) is 0.842. The highest BCUT2D eigenvalue weighted by molar-refractivity contribution is 5.38. The zero-order valence-electron chi connectivity index (χ0n) is 13.1. The van der Waals surface area contributed by atoms with Crippen molar-refractivity contribution in [1.82, 2.24) is 10.3 Å². The molecule has 2 aromatic rings. The van der Waals surface area contributed by atoms with Gasteiger partial charge in [-0.3, -0.25) is 4.98 Å². The predicted molar refractivity (Wildman–Crippen MR) is 86.7 cm³/mol. The van der Waals surface area contributed by atoms with Crippen molar-refractivity contribution in [3.63, 3.8) is 0 Å². The number of ether oxygens (including phenoxy) is 1. The Labute approximate surface area is 127 Å². The lowest BCUT2D eigenvalue weighted by Crippen LogP contribution is -2.24. The van der Waals surface area contributed by atoms with Gasteiger partial charge in [0.05, 0.1) is 7.11 Å². The first kappa shape index (κ1) is 15.5. The Hall–Kier alpha value is -1.87. The Kier molecular flexibility index (Phi) is 5.76. The van der Waals surface area contributed by atoms with Crippen LogP contribution in [0.15, 0.2) is 42.6 Å². The van der Waals surface area contributed by atoms with Gasteiger partial charge < -0.3 is 10.1 Å². The molecular formula is C18H24N2O. The fourth-order valence-corrected chi connectivity index (χ4v) is 2.41. The van der Waals surface area contributed by atoms with Crippen LogP contribution in [0.25, 0.3) is 0 Å². The van der Waals surface area contributed by atoms with E-state index in [1.165, 1.54) is 5.56 Å². The number of nitrogens with one attached hydrogen (secondary N) is 1. The van der Waals surface area contributed by atoms with Gasteiger partial charge in [-0.15, -0.1) is 0 Å². The third kappa shape index (κ3) is 4.30. The van der Waals surface area contributed by atoms with Crippen LogP contribution in [-0.4, -0.2) is 18.6 Å². The molecule has 3 heteroatoms. The molecule has 1 aromatic carbocycles. The van der Waals surface area contributed by atoms with E-state index < -0.39 is 0 Å². The molecule has 0 aliphatic carbocycles. The largest absolute Gasteiger partial charge is 0.496 e. The van der Waals surface area contributed by atoms with Crippen LogP contribution in [0, 0.1) is 6.92 Å². The van der Waals surface area contributed by atoms with Gasteiger partial charge in [-0.05, 0) is 49.2 Å². The number of hydrogen-bond donors (Lipinski definition) is 1. The van der Waals surface area contributed by atoms with Gasteiger partial charge in [0.25, 0.3) is 0 Å². The Bertz CT molecular complexity index is 554. The summed E-state index contributed by atoms with van der Waals surface area (Å²) in [6.07, 6.45) is 3.84. The molecule has 0 fully saturated rings.